The number of hydrogen-bond acceptors (Lipinski definition) is 5. The van der Waals surface area contributed by atoms with Gasteiger partial charge in [0.25, 0.3) is 0 Å². The Bertz CT molecular complexity index is 995. The number of likely N-dealkylation sites (tertiary alicyclic amines) is 1. The monoisotopic (exact) mass is 377 g/mol. The molecule has 0 spiro atoms. The average Bonchev–Trinajstić information content (AvgIpc) is 3.02. The lowest BCUT2D eigenvalue weighted by atomic mass is 9.85. The molecule has 2 aliphatic heterocycles. The number of hydrogen-bond donors (Lipinski definition) is 0. The molecule has 2 aliphatic rings. The van der Waals surface area contributed by atoms with Crippen LogP contribution in [0, 0.1) is 20.8 Å². The second-order valence-corrected chi connectivity index (χ2v) is 8.24. The summed E-state index contributed by atoms with van der Waals surface area (Å²) in [6.07, 6.45) is 4.36. The fourth-order valence-corrected chi connectivity index (χ4v) is 4.64. The molecular formula is C22H27N5O. The minimum Gasteiger partial charge on any atom is -0.378 e. The second kappa shape index (κ2) is 6.94. The van der Waals surface area contributed by atoms with Crippen molar-refractivity contribution in [3.05, 3.63) is 47.0 Å². The number of benzene rings is 1. The van der Waals surface area contributed by atoms with Crippen LogP contribution in [-0.2, 0) is 4.74 Å². The molecule has 146 valence electrons. The van der Waals surface area contributed by atoms with E-state index in [4.69, 9.17) is 4.74 Å². The molecule has 1 aromatic carbocycles. The van der Waals surface area contributed by atoms with Gasteiger partial charge >= 0.3 is 0 Å². The van der Waals surface area contributed by atoms with Gasteiger partial charge in [-0.1, -0.05) is 0 Å². The van der Waals surface area contributed by atoms with Crippen molar-refractivity contribution in [1.29, 1.82) is 0 Å². The minimum atomic E-state index is 0.610. The molecule has 0 radical (unpaired) electrons. The first kappa shape index (κ1) is 17.8. The first-order valence-electron chi connectivity index (χ1n) is 10.2. The predicted octanol–water partition coefficient (Wildman–Crippen LogP) is 3.32. The van der Waals surface area contributed by atoms with E-state index in [0.29, 0.717) is 12.0 Å². The molecule has 6 nitrogen and oxygen atoms in total. The molecule has 2 saturated heterocycles. The molecule has 4 heterocycles. The summed E-state index contributed by atoms with van der Waals surface area (Å²) in [6.45, 7) is 10.3. The van der Waals surface area contributed by atoms with Crippen LogP contribution >= 0.6 is 0 Å². The summed E-state index contributed by atoms with van der Waals surface area (Å²) in [5, 5.41) is 5.80. The topological polar surface area (TPSA) is 56.1 Å². The summed E-state index contributed by atoms with van der Waals surface area (Å²) in [5.74, 6) is 2.23. The van der Waals surface area contributed by atoms with Gasteiger partial charge in [-0.25, -0.2) is 14.6 Å². The largest absolute Gasteiger partial charge is 0.378 e. The van der Waals surface area contributed by atoms with Gasteiger partial charge in [0.15, 0.2) is 5.82 Å². The number of nitrogens with zero attached hydrogens (tertiary/aromatic N) is 5. The summed E-state index contributed by atoms with van der Waals surface area (Å²) in [6, 6.07) is 7.27. The maximum atomic E-state index is 5.37. The molecule has 6 heteroatoms. The van der Waals surface area contributed by atoms with Crippen molar-refractivity contribution in [2.24, 2.45) is 0 Å². The van der Waals surface area contributed by atoms with Crippen LogP contribution in [0.15, 0.2) is 24.4 Å². The number of rotatable bonds is 3. The highest BCUT2D eigenvalue weighted by Crippen LogP contribution is 2.34. The van der Waals surface area contributed by atoms with E-state index in [1.165, 1.54) is 42.4 Å². The number of ether oxygens (including phenoxy) is 1. The van der Waals surface area contributed by atoms with Gasteiger partial charge in [0.05, 0.1) is 31.0 Å². The van der Waals surface area contributed by atoms with E-state index in [2.05, 4.69) is 39.0 Å². The summed E-state index contributed by atoms with van der Waals surface area (Å²) in [7, 11) is 0. The minimum absolute atomic E-state index is 0.610. The average molecular weight is 377 g/mol. The van der Waals surface area contributed by atoms with Crippen molar-refractivity contribution in [1.82, 2.24) is 24.6 Å². The summed E-state index contributed by atoms with van der Waals surface area (Å²) < 4.78 is 7.33. The first-order valence-corrected chi connectivity index (χ1v) is 10.2. The molecule has 0 amide bonds. The standard InChI is InChI=1S/C22H27N5O/c1-14-8-18-11-23-27(22-9-15(2)24-16(3)25-22)21(18)10-20(14)17-4-6-26(7-5-17)19-12-28-13-19/h8-11,17,19H,4-7,12-13H2,1-3H3. The van der Waals surface area contributed by atoms with Gasteiger partial charge in [-0.3, -0.25) is 4.90 Å². The molecule has 2 fully saturated rings. The highest BCUT2D eigenvalue weighted by Gasteiger charge is 2.30. The Balaban J connectivity index is 1.47. The Hall–Kier alpha value is -2.31. The normalized spacial score (nSPS) is 19.2. The number of fused-ring (bicyclic) bond motifs is 1. The molecule has 0 N–H and O–H groups in total. The lowest BCUT2D eigenvalue weighted by Gasteiger charge is -2.41. The molecule has 0 atom stereocenters. The quantitative estimate of drug-likeness (QED) is 0.701. The zero-order valence-electron chi connectivity index (χ0n) is 16.9. The summed E-state index contributed by atoms with van der Waals surface area (Å²) >= 11 is 0. The Morgan fingerprint density at radius 2 is 1.79 bits per heavy atom. The molecule has 0 aliphatic carbocycles. The van der Waals surface area contributed by atoms with Crippen molar-refractivity contribution in [3.63, 3.8) is 0 Å². The van der Waals surface area contributed by atoms with E-state index in [0.717, 1.165) is 36.1 Å². The second-order valence-electron chi connectivity index (χ2n) is 8.24. The molecular weight excluding hydrogens is 350 g/mol. The van der Waals surface area contributed by atoms with Crippen molar-refractivity contribution in [2.45, 2.75) is 45.6 Å². The smallest absolute Gasteiger partial charge is 0.157 e. The van der Waals surface area contributed by atoms with E-state index < -0.39 is 0 Å². The van der Waals surface area contributed by atoms with E-state index in [1.807, 2.05) is 30.8 Å². The van der Waals surface area contributed by atoms with Crippen LogP contribution < -0.4 is 0 Å². The zero-order valence-corrected chi connectivity index (χ0v) is 16.9. The molecule has 0 bridgehead atoms. The maximum absolute atomic E-state index is 5.37. The van der Waals surface area contributed by atoms with Crippen molar-refractivity contribution < 1.29 is 4.74 Å². The number of piperidine rings is 1. The Morgan fingerprint density at radius 1 is 1.00 bits per heavy atom. The van der Waals surface area contributed by atoms with Gasteiger partial charge in [0.1, 0.15) is 5.82 Å². The van der Waals surface area contributed by atoms with E-state index in [9.17, 15) is 0 Å². The third-order valence-corrected chi connectivity index (χ3v) is 6.23. The number of aryl methyl sites for hydroxylation is 3. The third-order valence-electron chi connectivity index (χ3n) is 6.23. The van der Waals surface area contributed by atoms with Gasteiger partial charge in [0, 0.05) is 17.1 Å². The third kappa shape index (κ3) is 3.10. The Kier molecular flexibility index (Phi) is 4.40. The molecule has 0 saturated carbocycles. The van der Waals surface area contributed by atoms with Gasteiger partial charge < -0.3 is 4.74 Å². The SMILES string of the molecule is Cc1cc(-n2ncc3cc(C)c(C4CCN(C5COC5)CC4)cc32)nc(C)n1. The first-order chi connectivity index (χ1) is 13.6. The van der Waals surface area contributed by atoms with Gasteiger partial charge in [-0.2, -0.15) is 5.10 Å². The van der Waals surface area contributed by atoms with Crippen molar-refractivity contribution in [3.8, 4) is 5.82 Å². The lowest BCUT2D eigenvalue weighted by Crippen LogP contribution is -2.51. The molecule has 28 heavy (non-hydrogen) atoms. The molecule has 5 rings (SSSR count). The molecule has 3 aromatic rings. The van der Waals surface area contributed by atoms with Crippen LogP contribution in [0.2, 0.25) is 0 Å². The fraction of sp³-hybridized carbons (Fsp3) is 0.500. The van der Waals surface area contributed by atoms with E-state index in [-0.39, 0.29) is 0 Å². The predicted molar refractivity (Wildman–Crippen MR) is 109 cm³/mol. The van der Waals surface area contributed by atoms with Gasteiger partial charge in [-0.05, 0) is 75.9 Å². The van der Waals surface area contributed by atoms with Crippen LogP contribution in [0.1, 0.15) is 41.4 Å². The Labute approximate surface area is 165 Å². The molecule has 0 unspecified atom stereocenters. The van der Waals surface area contributed by atoms with Crippen LogP contribution in [-0.4, -0.2) is 57.0 Å². The van der Waals surface area contributed by atoms with Crippen LogP contribution in [0.25, 0.3) is 16.7 Å². The zero-order chi connectivity index (χ0) is 19.3. The highest BCUT2D eigenvalue weighted by atomic mass is 16.5. The maximum Gasteiger partial charge on any atom is 0.157 e. The lowest BCUT2D eigenvalue weighted by molar-refractivity contribution is -0.0712. The van der Waals surface area contributed by atoms with E-state index >= 15 is 0 Å². The van der Waals surface area contributed by atoms with Crippen LogP contribution in [0.3, 0.4) is 0 Å². The summed E-state index contributed by atoms with van der Waals surface area (Å²) in [5.41, 5.74) is 4.92. The summed E-state index contributed by atoms with van der Waals surface area (Å²) in [4.78, 5) is 11.6. The molecule has 2 aromatic heterocycles. The van der Waals surface area contributed by atoms with Crippen molar-refractivity contribution in [2.75, 3.05) is 26.3 Å². The van der Waals surface area contributed by atoms with Crippen LogP contribution in [0.4, 0.5) is 0 Å². The van der Waals surface area contributed by atoms with Gasteiger partial charge in [0.2, 0.25) is 0 Å². The fourth-order valence-electron chi connectivity index (χ4n) is 4.64. The van der Waals surface area contributed by atoms with Gasteiger partial charge in [-0.15, -0.1) is 0 Å². The Morgan fingerprint density at radius 3 is 2.46 bits per heavy atom. The van der Waals surface area contributed by atoms with Crippen molar-refractivity contribution >= 4 is 10.9 Å². The highest BCUT2D eigenvalue weighted by molar-refractivity contribution is 5.82. The van der Waals surface area contributed by atoms with E-state index in [1.54, 1.807) is 0 Å². The van der Waals surface area contributed by atoms with Crippen LogP contribution in [0.5, 0.6) is 0 Å². The number of aromatic nitrogens is 4.